The quantitative estimate of drug-likeness (QED) is 0.352. The van der Waals surface area contributed by atoms with Crippen LogP contribution in [0.25, 0.3) is 16.8 Å². The normalized spacial score (nSPS) is 12.6. The molecule has 2 aromatic heterocycles. The van der Waals surface area contributed by atoms with Gasteiger partial charge in [0.25, 0.3) is 11.8 Å². The van der Waals surface area contributed by atoms with Crippen molar-refractivity contribution in [2.45, 2.75) is 12.0 Å². The molecule has 0 unspecified atom stereocenters. The minimum Gasteiger partial charge on any atom is -0.382 e. The Morgan fingerprint density at radius 3 is 2.71 bits per heavy atom. The van der Waals surface area contributed by atoms with Crippen LogP contribution in [0.1, 0.15) is 22.0 Å². The van der Waals surface area contributed by atoms with E-state index in [1.54, 1.807) is 0 Å². The first-order valence-corrected chi connectivity index (χ1v) is 10.1. The summed E-state index contributed by atoms with van der Waals surface area (Å²) in [7, 11) is 0. The molecule has 34 heavy (non-hydrogen) atoms. The summed E-state index contributed by atoms with van der Waals surface area (Å²) in [6.07, 6.45) is -0.923. The van der Waals surface area contributed by atoms with Gasteiger partial charge in [-0.3, -0.25) is 4.79 Å². The summed E-state index contributed by atoms with van der Waals surface area (Å²) >= 11 is 5.99. The number of rotatable bonds is 6. The summed E-state index contributed by atoms with van der Waals surface area (Å²) in [4.78, 5) is 16.6. The fourth-order valence-electron chi connectivity index (χ4n) is 3.35. The first-order chi connectivity index (χ1) is 16.1. The zero-order valence-corrected chi connectivity index (χ0v) is 17.9. The number of alkyl halides is 2. The molecule has 0 saturated heterocycles. The molecular formula is C22H16ClF4N5O2. The monoisotopic (exact) mass is 493 g/mol. The molecule has 0 radical (unpaired) electrons. The Balaban J connectivity index is 1.58. The molecule has 1 atom stereocenters. The molecule has 4 aromatic rings. The summed E-state index contributed by atoms with van der Waals surface area (Å²) in [6, 6.07) is 9.60. The van der Waals surface area contributed by atoms with E-state index in [-0.39, 0.29) is 22.1 Å². The number of fused-ring (bicyclic) bond motifs is 1. The maximum Gasteiger partial charge on any atom is 0.294 e. The van der Waals surface area contributed by atoms with Crippen LogP contribution in [0.3, 0.4) is 0 Å². The number of aromatic nitrogens is 3. The summed E-state index contributed by atoms with van der Waals surface area (Å²) in [6.45, 7) is -1.35. The van der Waals surface area contributed by atoms with Crippen molar-refractivity contribution in [1.82, 2.24) is 19.9 Å². The van der Waals surface area contributed by atoms with Crippen molar-refractivity contribution in [1.29, 1.82) is 0 Å². The van der Waals surface area contributed by atoms with Gasteiger partial charge in [0.2, 0.25) is 5.95 Å². The van der Waals surface area contributed by atoms with E-state index in [2.05, 4.69) is 10.1 Å². The van der Waals surface area contributed by atoms with Gasteiger partial charge in [0, 0.05) is 11.8 Å². The molecule has 2 heterocycles. The molecule has 12 heteroatoms. The Morgan fingerprint density at radius 1 is 1.21 bits per heavy atom. The number of nitrogens with zero attached hydrogens (tertiary/aromatic N) is 3. The van der Waals surface area contributed by atoms with Crippen LogP contribution in [0.5, 0.6) is 0 Å². The highest BCUT2D eigenvalue weighted by atomic mass is 35.5. The number of nitrogens with two attached hydrogens (primary N) is 1. The Hall–Kier alpha value is -3.70. The van der Waals surface area contributed by atoms with Crippen LogP contribution >= 0.6 is 11.6 Å². The number of halogens is 5. The minimum atomic E-state index is -3.89. The molecule has 1 amide bonds. The lowest BCUT2D eigenvalue weighted by atomic mass is 10.0. The number of nitrogens with one attached hydrogen (secondary N) is 1. The van der Waals surface area contributed by atoms with E-state index in [0.717, 1.165) is 24.3 Å². The van der Waals surface area contributed by atoms with E-state index >= 15 is 4.39 Å². The number of benzene rings is 2. The molecule has 7 nitrogen and oxygen atoms in total. The highest BCUT2D eigenvalue weighted by Crippen LogP contribution is 2.33. The summed E-state index contributed by atoms with van der Waals surface area (Å²) in [5, 5.41) is 15.4. The van der Waals surface area contributed by atoms with Crippen molar-refractivity contribution < 1.29 is 27.5 Å². The van der Waals surface area contributed by atoms with Gasteiger partial charge in [0.15, 0.2) is 5.65 Å². The average Bonchev–Trinajstić information content (AvgIpc) is 3.16. The van der Waals surface area contributed by atoms with Crippen LogP contribution in [0.2, 0.25) is 5.02 Å². The van der Waals surface area contributed by atoms with Crippen molar-refractivity contribution in [3.8, 4) is 11.1 Å². The highest BCUT2D eigenvalue weighted by Gasteiger charge is 2.40. The zero-order chi connectivity index (χ0) is 24.6. The number of nitrogen functional groups attached to an aromatic ring is 1. The smallest absolute Gasteiger partial charge is 0.294 e. The molecule has 4 rings (SSSR count). The zero-order valence-electron chi connectivity index (χ0n) is 17.1. The van der Waals surface area contributed by atoms with E-state index in [1.807, 2.05) is 5.32 Å². The Morgan fingerprint density at radius 2 is 1.97 bits per heavy atom. The lowest BCUT2D eigenvalue weighted by Gasteiger charge is -2.23. The standard InChI is InChI=1S/C22H16ClF4N5O2/c23-15-5-4-14(11-6-7-32-16(9-11)30-21(28)31-32)18(25)17(15)20(34)29-10-22(26,27)19(33)12-2-1-3-13(24)8-12/h1-9,19,33H,10H2,(H2,28,31)(H,29,34)/t19-/m1/s1. The molecule has 0 spiro atoms. The average molecular weight is 494 g/mol. The first-order valence-electron chi connectivity index (χ1n) is 9.76. The van der Waals surface area contributed by atoms with Crippen LogP contribution in [0.15, 0.2) is 54.7 Å². The van der Waals surface area contributed by atoms with Crippen molar-refractivity contribution in [3.63, 3.8) is 0 Å². The Labute approximate surface area is 194 Å². The number of pyridine rings is 1. The third kappa shape index (κ3) is 4.52. The van der Waals surface area contributed by atoms with Gasteiger partial charge in [0.05, 0.1) is 17.1 Å². The molecule has 0 bridgehead atoms. The second-order valence-corrected chi connectivity index (χ2v) is 7.78. The van der Waals surface area contributed by atoms with Gasteiger partial charge < -0.3 is 16.2 Å². The van der Waals surface area contributed by atoms with E-state index in [4.69, 9.17) is 17.3 Å². The van der Waals surface area contributed by atoms with Gasteiger partial charge in [-0.2, -0.15) is 4.98 Å². The molecule has 0 aliphatic rings. The fourth-order valence-corrected chi connectivity index (χ4v) is 3.59. The topological polar surface area (TPSA) is 106 Å². The van der Waals surface area contributed by atoms with Gasteiger partial charge in [-0.1, -0.05) is 23.7 Å². The van der Waals surface area contributed by atoms with Gasteiger partial charge >= 0.3 is 0 Å². The van der Waals surface area contributed by atoms with Crippen molar-refractivity contribution in [2.24, 2.45) is 0 Å². The number of aliphatic hydroxyl groups excluding tert-OH is 1. The predicted octanol–water partition coefficient (Wildman–Crippen LogP) is 4.01. The van der Waals surface area contributed by atoms with Gasteiger partial charge in [-0.15, -0.1) is 5.10 Å². The van der Waals surface area contributed by atoms with Crippen LogP contribution in [-0.2, 0) is 0 Å². The van der Waals surface area contributed by atoms with Crippen molar-refractivity contribution in [2.75, 3.05) is 12.3 Å². The number of hydrogen-bond acceptors (Lipinski definition) is 5. The molecule has 0 fully saturated rings. The number of aliphatic hydroxyl groups is 1. The lowest BCUT2D eigenvalue weighted by molar-refractivity contribution is -0.106. The largest absolute Gasteiger partial charge is 0.382 e. The number of anilines is 1. The third-order valence-electron chi connectivity index (χ3n) is 5.03. The summed E-state index contributed by atoms with van der Waals surface area (Å²) < 4.78 is 58.9. The molecular weight excluding hydrogens is 478 g/mol. The number of carbonyl (C=O) groups excluding carboxylic acids is 1. The predicted molar refractivity (Wildman–Crippen MR) is 116 cm³/mol. The van der Waals surface area contributed by atoms with Crippen molar-refractivity contribution >= 4 is 29.1 Å². The highest BCUT2D eigenvalue weighted by molar-refractivity contribution is 6.34. The van der Waals surface area contributed by atoms with Crippen LogP contribution in [0.4, 0.5) is 23.5 Å². The van der Waals surface area contributed by atoms with Gasteiger partial charge in [0.1, 0.15) is 17.7 Å². The molecule has 2 aromatic carbocycles. The first kappa shape index (κ1) is 23.5. The van der Waals surface area contributed by atoms with Crippen LogP contribution in [-0.4, -0.2) is 38.1 Å². The second-order valence-electron chi connectivity index (χ2n) is 7.37. The molecule has 0 aliphatic heterocycles. The molecule has 4 N–H and O–H groups in total. The fraction of sp³-hybridized carbons (Fsp3) is 0.136. The minimum absolute atomic E-state index is 0.00940. The number of hydrogen-bond donors (Lipinski definition) is 3. The third-order valence-corrected chi connectivity index (χ3v) is 5.35. The Bertz CT molecular complexity index is 1400. The SMILES string of the molecule is Nc1nc2cc(-c3ccc(Cl)c(C(=O)NCC(F)(F)[C@H](O)c4cccc(F)c4)c3F)ccn2n1. The van der Waals surface area contributed by atoms with Gasteiger partial charge in [-0.25, -0.2) is 22.1 Å². The second kappa shape index (κ2) is 8.92. The van der Waals surface area contributed by atoms with Gasteiger partial charge in [-0.05, 0) is 47.5 Å². The van der Waals surface area contributed by atoms with E-state index in [1.165, 1.54) is 35.0 Å². The van der Waals surface area contributed by atoms with E-state index in [9.17, 15) is 23.1 Å². The summed E-state index contributed by atoms with van der Waals surface area (Å²) in [5.41, 5.74) is 5.10. The Kier molecular flexibility index (Phi) is 6.15. The van der Waals surface area contributed by atoms with E-state index in [0.29, 0.717) is 11.2 Å². The summed E-state index contributed by atoms with van der Waals surface area (Å²) in [5.74, 6) is -6.95. The number of amides is 1. The molecule has 0 saturated carbocycles. The van der Waals surface area contributed by atoms with Crippen molar-refractivity contribution in [3.05, 3.63) is 82.5 Å². The molecule has 176 valence electrons. The van der Waals surface area contributed by atoms with Crippen LogP contribution < -0.4 is 11.1 Å². The molecule has 0 aliphatic carbocycles. The number of carbonyl (C=O) groups is 1. The lowest BCUT2D eigenvalue weighted by Crippen LogP contribution is -2.41. The van der Waals surface area contributed by atoms with E-state index < -0.39 is 41.7 Å². The van der Waals surface area contributed by atoms with Crippen LogP contribution in [0, 0.1) is 11.6 Å². The maximum absolute atomic E-state index is 15.3. The maximum atomic E-state index is 15.3.